The number of hydrogen-bond acceptors (Lipinski definition) is 3. The molecule has 1 atom stereocenters. The number of hydrogen-bond donors (Lipinski definition) is 1. The lowest BCUT2D eigenvalue weighted by Gasteiger charge is -2.20. The van der Waals surface area contributed by atoms with Crippen LogP contribution in [0.15, 0.2) is 42.6 Å². The number of rotatable bonds is 4. The summed E-state index contributed by atoms with van der Waals surface area (Å²) < 4.78 is 0. The molecule has 0 amide bonds. The largest absolute Gasteiger partial charge is 0.361 e. The first-order chi connectivity index (χ1) is 11.3. The number of H-pyrrole nitrogens is 1. The van der Waals surface area contributed by atoms with E-state index in [9.17, 15) is 0 Å². The first-order valence-corrected chi connectivity index (χ1v) is 8.44. The number of fused-ring (bicyclic) bond motifs is 1. The fourth-order valence-electron chi connectivity index (χ4n) is 3.46. The van der Waals surface area contributed by atoms with E-state index in [1.807, 2.05) is 12.3 Å². The minimum absolute atomic E-state index is 0.715. The second kappa shape index (κ2) is 6.13. The monoisotopic (exact) mass is 306 g/mol. The van der Waals surface area contributed by atoms with Crippen LogP contribution in [0, 0.1) is 0 Å². The molecular formula is C19H22N4. The smallest absolute Gasteiger partial charge is 0.0936 e. The van der Waals surface area contributed by atoms with E-state index in [0.29, 0.717) is 6.04 Å². The van der Waals surface area contributed by atoms with Gasteiger partial charge in [0.1, 0.15) is 0 Å². The van der Waals surface area contributed by atoms with Crippen molar-refractivity contribution in [3.8, 4) is 11.3 Å². The molecule has 1 saturated heterocycles. The molecule has 1 aliphatic heterocycles. The molecule has 4 rings (SSSR count). The van der Waals surface area contributed by atoms with Gasteiger partial charge in [-0.2, -0.15) is 10.2 Å². The third-order valence-corrected chi connectivity index (χ3v) is 4.89. The molecule has 1 aliphatic rings. The van der Waals surface area contributed by atoms with Gasteiger partial charge in [-0.3, -0.25) is 0 Å². The third-order valence-electron chi connectivity index (χ3n) is 4.89. The molecule has 2 aromatic heterocycles. The van der Waals surface area contributed by atoms with Gasteiger partial charge in [0.25, 0.3) is 0 Å². The highest BCUT2D eigenvalue weighted by molar-refractivity contribution is 5.83. The number of aromatic amines is 1. The van der Waals surface area contributed by atoms with Gasteiger partial charge in [-0.25, -0.2) is 0 Å². The number of nitrogens with zero attached hydrogens (tertiary/aromatic N) is 3. The summed E-state index contributed by atoms with van der Waals surface area (Å²) in [5, 5.41) is 10.0. The second-order valence-corrected chi connectivity index (χ2v) is 6.47. The lowest BCUT2D eigenvalue weighted by Crippen LogP contribution is -2.29. The predicted octanol–water partition coefficient (Wildman–Crippen LogP) is 3.65. The fraction of sp³-hybridized carbons (Fsp3) is 0.368. The van der Waals surface area contributed by atoms with Crippen molar-refractivity contribution in [1.29, 1.82) is 0 Å². The Morgan fingerprint density at radius 1 is 1.22 bits per heavy atom. The summed E-state index contributed by atoms with van der Waals surface area (Å²) in [5.41, 5.74) is 4.30. The minimum atomic E-state index is 0.715. The van der Waals surface area contributed by atoms with Gasteiger partial charge in [0.2, 0.25) is 0 Å². The molecule has 1 N–H and O–H groups in total. The highest BCUT2D eigenvalue weighted by atomic mass is 15.2. The maximum Gasteiger partial charge on any atom is 0.0936 e. The molecule has 3 aromatic rings. The summed E-state index contributed by atoms with van der Waals surface area (Å²) in [6.45, 7) is 4.63. The first kappa shape index (κ1) is 14.4. The van der Waals surface area contributed by atoms with Crippen LogP contribution in [0.1, 0.15) is 25.5 Å². The van der Waals surface area contributed by atoms with Crippen LogP contribution in [0.3, 0.4) is 0 Å². The van der Waals surface area contributed by atoms with Crippen molar-refractivity contribution in [3.63, 3.8) is 0 Å². The highest BCUT2D eigenvalue weighted by Crippen LogP contribution is 2.22. The summed E-state index contributed by atoms with van der Waals surface area (Å²) in [6, 6.07) is 13.4. The molecule has 23 heavy (non-hydrogen) atoms. The van der Waals surface area contributed by atoms with Crippen molar-refractivity contribution in [2.45, 2.75) is 32.2 Å². The standard InChI is InChI=1S/C19H22N4/c1-14-4-3-10-23(14)11-8-17-12-15-6-7-16(13-19(15)22-21-17)18-5-2-9-20-18/h2,5-7,9,12-14,20H,3-4,8,10-11H2,1H3/t14-/m1/s1. The summed E-state index contributed by atoms with van der Waals surface area (Å²) in [7, 11) is 0. The average Bonchev–Trinajstić information content (AvgIpc) is 3.24. The Bertz CT molecular complexity index is 794. The Balaban J connectivity index is 1.53. The van der Waals surface area contributed by atoms with E-state index in [2.05, 4.69) is 57.3 Å². The minimum Gasteiger partial charge on any atom is -0.361 e. The zero-order chi connectivity index (χ0) is 15.6. The number of nitrogens with one attached hydrogen (secondary N) is 1. The maximum atomic E-state index is 4.43. The molecule has 0 saturated carbocycles. The molecule has 0 radical (unpaired) electrons. The van der Waals surface area contributed by atoms with Crippen LogP contribution in [0.2, 0.25) is 0 Å². The van der Waals surface area contributed by atoms with Crippen LogP contribution >= 0.6 is 0 Å². The van der Waals surface area contributed by atoms with Crippen molar-refractivity contribution in [1.82, 2.24) is 20.1 Å². The Morgan fingerprint density at radius 3 is 2.96 bits per heavy atom. The zero-order valence-corrected chi connectivity index (χ0v) is 13.5. The van der Waals surface area contributed by atoms with Crippen molar-refractivity contribution in [2.75, 3.05) is 13.1 Å². The molecule has 3 heterocycles. The van der Waals surface area contributed by atoms with Crippen LogP contribution in [0.25, 0.3) is 22.2 Å². The van der Waals surface area contributed by atoms with Gasteiger partial charge >= 0.3 is 0 Å². The van der Waals surface area contributed by atoms with Crippen LogP contribution in [-0.2, 0) is 6.42 Å². The average molecular weight is 306 g/mol. The lowest BCUT2D eigenvalue weighted by molar-refractivity contribution is 0.271. The molecule has 4 nitrogen and oxygen atoms in total. The van der Waals surface area contributed by atoms with Gasteiger partial charge in [-0.05, 0) is 50.6 Å². The van der Waals surface area contributed by atoms with Crippen LogP contribution < -0.4 is 0 Å². The van der Waals surface area contributed by atoms with E-state index in [4.69, 9.17) is 0 Å². The summed E-state index contributed by atoms with van der Waals surface area (Å²) in [4.78, 5) is 5.79. The topological polar surface area (TPSA) is 44.8 Å². The van der Waals surface area contributed by atoms with Gasteiger partial charge in [-0.1, -0.05) is 12.1 Å². The van der Waals surface area contributed by atoms with E-state index in [1.165, 1.54) is 24.8 Å². The molecule has 0 unspecified atom stereocenters. The number of likely N-dealkylation sites (tertiary alicyclic amines) is 1. The van der Waals surface area contributed by atoms with Crippen LogP contribution in [0.4, 0.5) is 0 Å². The summed E-state index contributed by atoms with van der Waals surface area (Å²) in [5.74, 6) is 0. The quantitative estimate of drug-likeness (QED) is 0.800. The van der Waals surface area contributed by atoms with E-state index >= 15 is 0 Å². The zero-order valence-electron chi connectivity index (χ0n) is 13.5. The fourth-order valence-corrected chi connectivity index (χ4v) is 3.46. The van der Waals surface area contributed by atoms with Crippen molar-refractivity contribution in [3.05, 3.63) is 48.3 Å². The Morgan fingerprint density at radius 2 is 2.17 bits per heavy atom. The molecule has 0 aliphatic carbocycles. The van der Waals surface area contributed by atoms with Gasteiger partial charge < -0.3 is 9.88 Å². The lowest BCUT2D eigenvalue weighted by atomic mass is 10.1. The number of benzene rings is 1. The first-order valence-electron chi connectivity index (χ1n) is 8.44. The summed E-state index contributed by atoms with van der Waals surface area (Å²) >= 11 is 0. The third kappa shape index (κ3) is 2.99. The van der Waals surface area contributed by atoms with Gasteiger partial charge in [0.05, 0.1) is 11.2 Å². The van der Waals surface area contributed by atoms with Crippen molar-refractivity contribution >= 4 is 10.9 Å². The van der Waals surface area contributed by atoms with Gasteiger partial charge in [0.15, 0.2) is 0 Å². The molecule has 1 aromatic carbocycles. The van der Waals surface area contributed by atoms with Crippen LogP contribution in [0.5, 0.6) is 0 Å². The SMILES string of the molecule is C[C@@H]1CCCN1CCc1cc2ccc(-c3ccc[nH]3)cc2nn1. The molecule has 0 bridgehead atoms. The highest BCUT2D eigenvalue weighted by Gasteiger charge is 2.19. The van der Waals surface area contributed by atoms with Crippen LogP contribution in [-0.4, -0.2) is 39.2 Å². The number of aromatic nitrogens is 3. The van der Waals surface area contributed by atoms with Gasteiger partial charge in [0, 0.05) is 41.8 Å². The maximum absolute atomic E-state index is 4.43. The van der Waals surface area contributed by atoms with E-state index < -0.39 is 0 Å². The van der Waals surface area contributed by atoms with E-state index in [-0.39, 0.29) is 0 Å². The Hall–Kier alpha value is -2.20. The molecular weight excluding hydrogens is 284 g/mol. The normalized spacial score (nSPS) is 18.7. The summed E-state index contributed by atoms with van der Waals surface area (Å²) in [6.07, 6.45) is 5.57. The van der Waals surface area contributed by atoms with Gasteiger partial charge in [-0.15, -0.1) is 0 Å². The molecule has 4 heteroatoms. The second-order valence-electron chi connectivity index (χ2n) is 6.47. The van der Waals surface area contributed by atoms with E-state index in [1.54, 1.807) is 0 Å². The predicted molar refractivity (Wildman–Crippen MR) is 93.3 cm³/mol. The Labute approximate surface area is 136 Å². The molecule has 118 valence electrons. The van der Waals surface area contributed by atoms with Crippen molar-refractivity contribution < 1.29 is 0 Å². The Kier molecular flexibility index (Phi) is 3.83. The molecule has 0 spiro atoms. The van der Waals surface area contributed by atoms with Crippen molar-refractivity contribution in [2.24, 2.45) is 0 Å². The molecule has 1 fully saturated rings. The van der Waals surface area contributed by atoms with E-state index in [0.717, 1.165) is 35.4 Å².